The average Bonchev–Trinajstić information content (AvgIpc) is 3.37. The zero-order valence-electron chi connectivity index (χ0n) is 16.6. The lowest BCUT2D eigenvalue weighted by Gasteiger charge is -2.08. The molecule has 0 unspecified atom stereocenters. The maximum atomic E-state index is 14.0. The predicted octanol–water partition coefficient (Wildman–Crippen LogP) is 6.28. The molecule has 0 radical (unpaired) electrons. The van der Waals surface area contributed by atoms with Crippen molar-refractivity contribution in [2.45, 2.75) is 13.3 Å². The third kappa shape index (κ3) is 5.67. The molecule has 0 atom stereocenters. The van der Waals surface area contributed by atoms with Crippen LogP contribution in [-0.4, -0.2) is 25.5 Å². The van der Waals surface area contributed by atoms with Gasteiger partial charge in [-0.2, -0.15) is 10.2 Å². The van der Waals surface area contributed by atoms with Gasteiger partial charge in [0.15, 0.2) is 18.2 Å². The van der Waals surface area contributed by atoms with Crippen LogP contribution >= 0.6 is 50.7 Å². The second kappa shape index (κ2) is 10.1. The number of amides is 1. The molecule has 0 aliphatic carbocycles. The normalized spacial score (nSPS) is 10.9. The molecule has 0 saturated carbocycles. The number of nitrogens with one attached hydrogen (secondary N) is 1. The Labute approximate surface area is 211 Å². The molecule has 2 heterocycles. The molecule has 0 bridgehead atoms. The van der Waals surface area contributed by atoms with Crippen molar-refractivity contribution in [3.8, 4) is 5.75 Å². The zero-order chi connectivity index (χ0) is 23.5. The molecule has 2 aromatic heterocycles. The second-order valence-corrected chi connectivity index (χ2v) is 8.90. The van der Waals surface area contributed by atoms with Crippen molar-refractivity contribution in [1.29, 1.82) is 0 Å². The highest BCUT2D eigenvalue weighted by Gasteiger charge is 2.16. The summed E-state index contributed by atoms with van der Waals surface area (Å²) in [5.74, 6) is -0.390. The van der Waals surface area contributed by atoms with Crippen molar-refractivity contribution in [2.75, 3.05) is 5.32 Å². The van der Waals surface area contributed by atoms with Crippen molar-refractivity contribution in [1.82, 2.24) is 19.6 Å². The first-order valence-electron chi connectivity index (χ1n) is 9.38. The van der Waals surface area contributed by atoms with Crippen molar-refractivity contribution in [3.63, 3.8) is 0 Å². The minimum Gasteiger partial charge on any atom is -0.470 e. The Balaban J connectivity index is 1.40. The predicted molar refractivity (Wildman–Crippen MR) is 128 cm³/mol. The SMILES string of the molecule is O=C(Nc1nn(Cc2c(F)cccc2Cl)cc1Cl)c1ccn(COc2ccc(Br)cc2Cl)n1. The largest absolute Gasteiger partial charge is 0.470 e. The highest BCUT2D eigenvalue weighted by Crippen LogP contribution is 2.28. The van der Waals surface area contributed by atoms with Crippen molar-refractivity contribution in [2.24, 2.45) is 0 Å². The molecular weight excluding hydrogens is 560 g/mol. The van der Waals surface area contributed by atoms with Gasteiger partial charge in [-0.1, -0.05) is 56.8 Å². The summed E-state index contributed by atoms with van der Waals surface area (Å²) in [5, 5.41) is 11.9. The summed E-state index contributed by atoms with van der Waals surface area (Å²) in [4.78, 5) is 12.6. The molecule has 4 aromatic rings. The smallest absolute Gasteiger partial charge is 0.277 e. The van der Waals surface area contributed by atoms with Crippen molar-refractivity contribution < 1.29 is 13.9 Å². The molecule has 170 valence electrons. The first-order chi connectivity index (χ1) is 15.8. The lowest BCUT2D eigenvalue weighted by atomic mass is 10.2. The monoisotopic (exact) mass is 571 g/mol. The van der Waals surface area contributed by atoms with E-state index in [9.17, 15) is 9.18 Å². The van der Waals surface area contributed by atoms with E-state index in [1.54, 1.807) is 30.5 Å². The molecule has 4 rings (SSSR count). The molecule has 12 heteroatoms. The Morgan fingerprint density at radius 2 is 1.88 bits per heavy atom. The third-order valence-corrected chi connectivity index (χ3v) is 5.87. The number of nitrogens with zero attached hydrogens (tertiary/aromatic N) is 4. The topological polar surface area (TPSA) is 74.0 Å². The van der Waals surface area contributed by atoms with E-state index in [2.05, 4.69) is 31.4 Å². The van der Waals surface area contributed by atoms with Gasteiger partial charge in [-0.3, -0.25) is 9.48 Å². The number of hydrogen-bond acceptors (Lipinski definition) is 4. The number of hydrogen-bond donors (Lipinski definition) is 1. The summed E-state index contributed by atoms with van der Waals surface area (Å²) in [6.45, 7) is 0.0963. The Morgan fingerprint density at radius 1 is 1.06 bits per heavy atom. The molecule has 2 aromatic carbocycles. The Hall–Kier alpha value is -2.59. The summed E-state index contributed by atoms with van der Waals surface area (Å²) >= 11 is 21.7. The number of carbonyl (C=O) groups excluding carboxylic acids is 1. The molecule has 7 nitrogen and oxygen atoms in total. The van der Waals surface area contributed by atoms with E-state index in [1.165, 1.54) is 33.8 Å². The van der Waals surface area contributed by atoms with Crippen LogP contribution in [0.3, 0.4) is 0 Å². The molecule has 33 heavy (non-hydrogen) atoms. The van der Waals surface area contributed by atoms with E-state index in [0.29, 0.717) is 10.8 Å². The van der Waals surface area contributed by atoms with Gasteiger partial charge in [0.2, 0.25) is 0 Å². The summed E-state index contributed by atoms with van der Waals surface area (Å²) < 4.78 is 23.3. The molecule has 0 spiro atoms. The minimum absolute atomic E-state index is 0.0473. The van der Waals surface area contributed by atoms with Crippen LogP contribution in [0.1, 0.15) is 16.1 Å². The van der Waals surface area contributed by atoms with Crippen LogP contribution in [0.2, 0.25) is 15.1 Å². The van der Waals surface area contributed by atoms with E-state index in [-0.39, 0.29) is 40.4 Å². The Bertz CT molecular complexity index is 1310. The number of carbonyl (C=O) groups is 1. The van der Waals surface area contributed by atoms with Crippen LogP contribution in [0.5, 0.6) is 5.75 Å². The molecule has 0 aliphatic rings. The van der Waals surface area contributed by atoms with E-state index < -0.39 is 11.7 Å². The van der Waals surface area contributed by atoms with Crippen LogP contribution in [0.4, 0.5) is 10.2 Å². The quantitative estimate of drug-likeness (QED) is 0.283. The van der Waals surface area contributed by atoms with Crippen LogP contribution < -0.4 is 10.1 Å². The van der Waals surface area contributed by atoms with E-state index in [1.807, 2.05) is 0 Å². The van der Waals surface area contributed by atoms with Gasteiger partial charge in [-0.05, 0) is 36.4 Å². The van der Waals surface area contributed by atoms with Crippen LogP contribution in [0.25, 0.3) is 0 Å². The first kappa shape index (κ1) is 23.6. The fourth-order valence-corrected chi connectivity index (χ4v) is 4.01. The first-order valence-corrected chi connectivity index (χ1v) is 11.3. The molecule has 0 aliphatic heterocycles. The molecule has 1 amide bonds. The molecule has 0 fully saturated rings. The highest BCUT2D eigenvalue weighted by molar-refractivity contribution is 9.10. The number of aromatic nitrogens is 4. The van der Waals surface area contributed by atoms with Gasteiger partial charge < -0.3 is 10.1 Å². The lowest BCUT2D eigenvalue weighted by molar-refractivity contribution is 0.101. The van der Waals surface area contributed by atoms with Crippen molar-refractivity contribution in [3.05, 3.63) is 91.5 Å². The van der Waals surface area contributed by atoms with Crippen LogP contribution in [0, 0.1) is 5.82 Å². The second-order valence-electron chi connectivity index (χ2n) is 6.77. The number of halogens is 5. The van der Waals surface area contributed by atoms with Gasteiger partial charge in [0.25, 0.3) is 5.91 Å². The summed E-state index contributed by atoms with van der Waals surface area (Å²) in [6.07, 6.45) is 3.05. The lowest BCUT2D eigenvalue weighted by Crippen LogP contribution is -2.15. The molecule has 0 saturated heterocycles. The van der Waals surface area contributed by atoms with E-state index in [4.69, 9.17) is 39.5 Å². The zero-order valence-corrected chi connectivity index (χ0v) is 20.5. The summed E-state index contributed by atoms with van der Waals surface area (Å²) in [5.41, 5.74) is 0.393. The fourth-order valence-electron chi connectivity index (χ4n) is 2.86. The van der Waals surface area contributed by atoms with E-state index in [0.717, 1.165) is 4.47 Å². The van der Waals surface area contributed by atoms with Gasteiger partial charge in [0.1, 0.15) is 16.6 Å². The van der Waals surface area contributed by atoms with Crippen molar-refractivity contribution >= 4 is 62.5 Å². The van der Waals surface area contributed by atoms with Crippen LogP contribution in [-0.2, 0) is 13.3 Å². The van der Waals surface area contributed by atoms with Gasteiger partial charge in [0.05, 0.1) is 11.6 Å². The van der Waals surface area contributed by atoms with Gasteiger partial charge >= 0.3 is 0 Å². The van der Waals surface area contributed by atoms with Gasteiger partial charge in [-0.25, -0.2) is 9.07 Å². The number of benzene rings is 2. The minimum atomic E-state index is -0.522. The van der Waals surface area contributed by atoms with E-state index >= 15 is 0 Å². The number of anilines is 1. The average molecular weight is 574 g/mol. The Morgan fingerprint density at radius 3 is 2.64 bits per heavy atom. The summed E-state index contributed by atoms with van der Waals surface area (Å²) in [7, 11) is 0. The van der Waals surface area contributed by atoms with Gasteiger partial charge in [-0.15, -0.1) is 0 Å². The maximum Gasteiger partial charge on any atom is 0.277 e. The molecule has 1 N–H and O–H groups in total. The maximum absolute atomic E-state index is 14.0. The highest BCUT2D eigenvalue weighted by atomic mass is 79.9. The number of ether oxygens (including phenoxy) is 1. The summed E-state index contributed by atoms with van der Waals surface area (Å²) in [6, 6.07) is 11.1. The standard InChI is InChI=1S/C21H14BrCl3FN5O2/c22-12-4-5-19(15(24)8-12)33-11-30-7-6-18(28-30)21(32)27-20-16(25)10-31(29-20)9-13-14(23)2-1-3-17(13)26/h1-8,10H,9,11H2,(H,27,29,32). The van der Waals surface area contributed by atoms with Gasteiger partial charge in [0, 0.05) is 27.5 Å². The Kier molecular flexibility index (Phi) is 7.23. The number of rotatable bonds is 7. The molecular formula is C21H14BrCl3FN5O2. The fraction of sp³-hybridized carbons (Fsp3) is 0.0952. The third-order valence-electron chi connectivity index (χ3n) is 4.45. The van der Waals surface area contributed by atoms with Crippen LogP contribution in [0.15, 0.2) is 59.3 Å².